The number of likely N-dealkylation sites (tertiary alicyclic amines) is 1. The molecule has 0 aliphatic carbocycles. The zero-order valence-corrected chi connectivity index (χ0v) is 18.0. The lowest BCUT2D eigenvalue weighted by atomic mass is 9.94. The number of amides is 1. The molecule has 2 aliphatic rings. The molecular weight excluding hydrogens is 400 g/mol. The summed E-state index contributed by atoms with van der Waals surface area (Å²) in [6, 6.07) is 15.9. The maximum Gasteiger partial charge on any atom is 0.226 e. The lowest BCUT2D eigenvalue weighted by molar-refractivity contribution is -0.125. The highest BCUT2D eigenvalue weighted by molar-refractivity contribution is 6.30. The monoisotopic (exact) mass is 428 g/mol. The Balaban J connectivity index is 1.46. The first-order valence-corrected chi connectivity index (χ1v) is 10.9. The van der Waals surface area contributed by atoms with E-state index in [1.54, 1.807) is 7.11 Å². The van der Waals surface area contributed by atoms with E-state index < -0.39 is 0 Å². The van der Waals surface area contributed by atoms with Crippen LogP contribution in [0.2, 0.25) is 5.02 Å². The molecule has 7 heteroatoms. The number of halogens is 1. The molecule has 160 valence electrons. The second kappa shape index (κ2) is 9.79. The summed E-state index contributed by atoms with van der Waals surface area (Å²) in [6.07, 6.45) is 2.40. The number of hydrogen-bond donors (Lipinski definition) is 3. The van der Waals surface area contributed by atoms with Gasteiger partial charge in [-0.15, -0.1) is 0 Å². The quantitative estimate of drug-likeness (QED) is 0.632. The van der Waals surface area contributed by atoms with Gasteiger partial charge in [-0.2, -0.15) is 0 Å². The number of carbonyl (C=O) groups is 1. The normalized spacial score (nSPS) is 22.7. The molecule has 2 aromatic rings. The third-order valence-electron chi connectivity index (χ3n) is 6.08. The average Bonchev–Trinajstić information content (AvgIpc) is 3.47. The van der Waals surface area contributed by atoms with Crippen LogP contribution in [-0.2, 0) is 4.79 Å². The van der Waals surface area contributed by atoms with E-state index in [1.165, 1.54) is 18.4 Å². The van der Waals surface area contributed by atoms with Gasteiger partial charge < -0.3 is 10.1 Å². The minimum Gasteiger partial charge on any atom is -0.497 e. The molecule has 2 fully saturated rings. The van der Waals surface area contributed by atoms with Crippen LogP contribution in [0.1, 0.15) is 36.1 Å². The minimum absolute atomic E-state index is 0.0551. The fourth-order valence-electron chi connectivity index (χ4n) is 4.42. The fourth-order valence-corrected chi connectivity index (χ4v) is 4.54. The van der Waals surface area contributed by atoms with Crippen LogP contribution in [0.4, 0.5) is 0 Å². The maximum absolute atomic E-state index is 13.1. The first-order valence-electron chi connectivity index (χ1n) is 10.6. The summed E-state index contributed by atoms with van der Waals surface area (Å²) in [4.78, 5) is 15.6. The van der Waals surface area contributed by atoms with Crippen molar-refractivity contribution < 1.29 is 9.53 Å². The van der Waals surface area contributed by atoms with Gasteiger partial charge in [0.1, 0.15) is 5.75 Å². The standard InChI is InChI=1S/C23H29ClN4O2/c1-30-19-6-4-5-17(13-19)21(28-11-2-3-12-28)15-25-23(29)20-14-26-27-22(20)16-7-9-18(24)10-8-16/h4-10,13,20-22,26-27H,2-3,11-12,14-15H2,1H3,(H,25,29). The molecule has 0 bridgehead atoms. The van der Waals surface area contributed by atoms with Crippen molar-refractivity contribution in [3.8, 4) is 5.75 Å². The van der Waals surface area contributed by atoms with E-state index in [0.29, 0.717) is 18.1 Å². The zero-order chi connectivity index (χ0) is 20.9. The third-order valence-corrected chi connectivity index (χ3v) is 6.33. The number of nitrogens with zero attached hydrogens (tertiary/aromatic N) is 1. The van der Waals surface area contributed by atoms with E-state index in [2.05, 4.69) is 33.2 Å². The van der Waals surface area contributed by atoms with Crippen molar-refractivity contribution in [2.45, 2.75) is 24.9 Å². The molecule has 3 unspecified atom stereocenters. The zero-order valence-electron chi connectivity index (χ0n) is 17.2. The number of carbonyl (C=O) groups excluding carboxylic acids is 1. The van der Waals surface area contributed by atoms with E-state index in [-0.39, 0.29) is 23.9 Å². The lowest BCUT2D eigenvalue weighted by Crippen LogP contribution is -2.41. The Morgan fingerprint density at radius 1 is 1.23 bits per heavy atom. The number of hydrazine groups is 1. The molecule has 0 aromatic heterocycles. The van der Waals surface area contributed by atoms with Crippen molar-refractivity contribution in [3.05, 3.63) is 64.7 Å². The molecule has 0 spiro atoms. The van der Waals surface area contributed by atoms with Gasteiger partial charge in [0.05, 0.1) is 25.1 Å². The van der Waals surface area contributed by atoms with Crippen LogP contribution in [0.15, 0.2) is 48.5 Å². The molecule has 30 heavy (non-hydrogen) atoms. The molecule has 0 saturated carbocycles. The van der Waals surface area contributed by atoms with Gasteiger partial charge >= 0.3 is 0 Å². The average molecular weight is 429 g/mol. The molecule has 1 amide bonds. The van der Waals surface area contributed by atoms with Gasteiger partial charge in [0.25, 0.3) is 0 Å². The first-order chi connectivity index (χ1) is 14.7. The molecule has 0 radical (unpaired) electrons. The second-order valence-electron chi connectivity index (χ2n) is 7.94. The highest BCUT2D eigenvalue weighted by Crippen LogP contribution is 2.29. The second-order valence-corrected chi connectivity index (χ2v) is 8.38. The van der Waals surface area contributed by atoms with E-state index in [0.717, 1.165) is 24.4 Å². The number of rotatable bonds is 7. The van der Waals surface area contributed by atoms with E-state index in [4.69, 9.17) is 16.3 Å². The first kappa shape index (κ1) is 21.1. The Hall–Kier alpha value is -2.12. The Labute approximate surface area is 182 Å². The molecule has 2 saturated heterocycles. The van der Waals surface area contributed by atoms with Crippen molar-refractivity contribution >= 4 is 17.5 Å². The number of nitrogens with one attached hydrogen (secondary N) is 3. The topological polar surface area (TPSA) is 65.6 Å². The maximum atomic E-state index is 13.1. The van der Waals surface area contributed by atoms with Gasteiger partial charge in [-0.1, -0.05) is 35.9 Å². The molecule has 6 nitrogen and oxygen atoms in total. The van der Waals surface area contributed by atoms with E-state index >= 15 is 0 Å². The van der Waals surface area contributed by atoms with Crippen LogP contribution >= 0.6 is 11.6 Å². The lowest BCUT2D eigenvalue weighted by Gasteiger charge is -2.29. The van der Waals surface area contributed by atoms with Crippen LogP contribution in [-0.4, -0.2) is 44.1 Å². The summed E-state index contributed by atoms with van der Waals surface area (Å²) >= 11 is 6.01. The van der Waals surface area contributed by atoms with Crippen LogP contribution in [0, 0.1) is 5.92 Å². The number of benzene rings is 2. The van der Waals surface area contributed by atoms with Gasteiger partial charge in [0.2, 0.25) is 5.91 Å². The molecule has 2 heterocycles. The van der Waals surface area contributed by atoms with Gasteiger partial charge in [0, 0.05) is 18.1 Å². The van der Waals surface area contributed by atoms with Crippen LogP contribution in [0.25, 0.3) is 0 Å². The van der Waals surface area contributed by atoms with Gasteiger partial charge in [-0.05, 0) is 61.3 Å². The van der Waals surface area contributed by atoms with Crippen LogP contribution < -0.4 is 20.9 Å². The minimum atomic E-state index is -0.185. The predicted octanol–water partition coefficient (Wildman–Crippen LogP) is 3.07. The summed E-state index contributed by atoms with van der Waals surface area (Å²) in [5.74, 6) is 0.713. The van der Waals surface area contributed by atoms with Crippen molar-refractivity contribution in [2.75, 3.05) is 33.3 Å². The SMILES string of the molecule is COc1cccc(C(CNC(=O)C2CNNC2c2ccc(Cl)cc2)N2CCCC2)c1. The van der Waals surface area contributed by atoms with Gasteiger partial charge in [0.15, 0.2) is 0 Å². The number of methoxy groups -OCH3 is 1. The number of hydrogen-bond acceptors (Lipinski definition) is 5. The molecule has 3 N–H and O–H groups in total. The fraction of sp³-hybridized carbons (Fsp3) is 0.435. The summed E-state index contributed by atoms with van der Waals surface area (Å²) in [6.45, 7) is 3.28. The van der Waals surface area contributed by atoms with Crippen molar-refractivity contribution in [1.29, 1.82) is 0 Å². The van der Waals surface area contributed by atoms with E-state index in [1.807, 2.05) is 36.4 Å². The summed E-state index contributed by atoms with van der Waals surface area (Å²) in [5.41, 5.74) is 8.59. The van der Waals surface area contributed by atoms with Crippen LogP contribution in [0.5, 0.6) is 5.75 Å². The van der Waals surface area contributed by atoms with Crippen molar-refractivity contribution in [2.24, 2.45) is 5.92 Å². The molecule has 4 rings (SSSR count). The summed E-state index contributed by atoms with van der Waals surface area (Å²) < 4.78 is 5.41. The van der Waals surface area contributed by atoms with E-state index in [9.17, 15) is 4.79 Å². The molecule has 2 aromatic carbocycles. The third kappa shape index (κ3) is 4.78. The Bertz CT molecular complexity index is 855. The highest BCUT2D eigenvalue weighted by atomic mass is 35.5. The Morgan fingerprint density at radius 2 is 2.00 bits per heavy atom. The molecule has 3 atom stereocenters. The summed E-state index contributed by atoms with van der Waals surface area (Å²) in [5, 5.41) is 3.91. The summed E-state index contributed by atoms with van der Waals surface area (Å²) in [7, 11) is 1.68. The predicted molar refractivity (Wildman–Crippen MR) is 118 cm³/mol. The Morgan fingerprint density at radius 3 is 2.73 bits per heavy atom. The molecular formula is C23H29ClN4O2. The van der Waals surface area contributed by atoms with Crippen LogP contribution in [0.3, 0.4) is 0 Å². The van der Waals surface area contributed by atoms with Crippen molar-refractivity contribution in [3.63, 3.8) is 0 Å². The largest absolute Gasteiger partial charge is 0.497 e. The number of ether oxygens (including phenoxy) is 1. The smallest absolute Gasteiger partial charge is 0.226 e. The Kier molecular flexibility index (Phi) is 6.89. The van der Waals surface area contributed by atoms with Gasteiger partial charge in [-0.3, -0.25) is 15.1 Å². The van der Waals surface area contributed by atoms with Gasteiger partial charge in [-0.25, -0.2) is 5.43 Å². The molecule has 2 aliphatic heterocycles. The van der Waals surface area contributed by atoms with Crippen molar-refractivity contribution in [1.82, 2.24) is 21.1 Å². The highest BCUT2D eigenvalue weighted by Gasteiger charge is 2.34.